The molecule has 0 saturated heterocycles. The Bertz CT molecular complexity index is 1430. The third-order valence-electron chi connectivity index (χ3n) is 5.71. The molecule has 0 amide bonds. The Morgan fingerprint density at radius 2 is 1.39 bits per heavy atom. The number of carboxylic acids is 1. The number of ether oxygens (including phenoxy) is 1. The van der Waals surface area contributed by atoms with Crippen LogP contribution in [0.3, 0.4) is 0 Å². The number of hydrogen-bond donors (Lipinski definition) is 2. The molecule has 4 aromatic carbocycles. The van der Waals surface area contributed by atoms with E-state index in [0.717, 1.165) is 15.6 Å². The first-order valence-corrected chi connectivity index (χ1v) is 15.1. The number of hydrogen-bond acceptors (Lipinski definition) is 5. The maximum Gasteiger partial charge on any atom is 0.323 e. The van der Waals surface area contributed by atoms with E-state index < -0.39 is 27.3 Å². The predicted octanol–water partition coefficient (Wildman–Crippen LogP) is 6.40. The lowest BCUT2D eigenvalue weighted by atomic mass is 10.1. The number of halogens is 1. The third-order valence-corrected chi connectivity index (χ3v) is 9.01. The van der Waals surface area contributed by atoms with Crippen LogP contribution in [0.15, 0.2) is 119 Å². The Balaban J connectivity index is 1.51. The molecule has 0 aliphatic carbocycles. The molecule has 2 atom stereocenters. The number of rotatable bonds is 12. The first kappa shape index (κ1) is 27.9. The van der Waals surface area contributed by atoms with Crippen molar-refractivity contribution >= 4 is 43.7 Å². The van der Waals surface area contributed by atoms with Crippen LogP contribution in [0.2, 0.25) is 0 Å². The molecule has 0 fully saturated rings. The average molecular weight is 613 g/mol. The minimum atomic E-state index is -4.12. The predicted molar refractivity (Wildman–Crippen MR) is 155 cm³/mol. The van der Waals surface area contributed by atoms with E-state index in [2.05, 4.69) is 20.7 Å². The zero-order valence-corrected chi connectivity index (χ0v) is 23.5. The van der Waals surface area contributed by atoms with Crippen LogP contribution in [0, 0.1) is 0 Å². The highest BCUT2D eigenvalue weighted by molar-refractivity contribution is 9.10. The van der Waals surface area contributed by atoms with Gasteiger partial charge in [0, 0.05) is 10.2 Å². The molecular formula is C29H26BrNO5S2. The lowest BCUT2D eigenvalue weighted by molar-refractivity contribution is -0.139. The van der Waals surface area contributed by atoms with E-state index in [1.54, 1.807) is 36.4 Å². The second kappa shape index (κ2) is 13.1. The van der Waals surface area contributed by atoms with Gasteiger partial charge in [0.05, 0.1) is 16.8 Å². The number of benzene rings is 4. The summed E-state index contributed by atoms with van der Waals surface area (Å²) in [7, 11) is -4.12. The maximum atomic E-state index is 13.3. The summed E-state index contributed by atoms with van der Waals surface area (Å²) < 4.78 is 35.7. The smallest absolute Gasteiger partial charge is 0.323 e. The lowest BCUT2D eigenvalue weighted by Crippen LogP contribution is -2.44. The minimum Gasteiger partial charge on any atom is -0.493 e. The van der Waals surface area contributed by atoms with Crippen LogP contribution in [0.1, 0.15) is 10.8 Å². The molecule has 0 unspecified atom stereocenters. The highest BCUT2D eigenvalue weighted by atomic mass is 79.9. The third kappa shape index (κ3) is 7.48. The summed E-state index contributed by atoms with van der Waals surface area (Å²) in [5.41, 5.74) is 2.49. The summed E-state index contributed by atoms with van der Waals surface area (Å²) in [6.07, 6.45) is 0. The molecule has 4 rings (SSSR count). The van der Waals surface area contributed by atoms with Gasteiger partial charge in [-0.15, -0.1) is 11.8 Å². The molecule has 4 aromatic rings. The molecule has 0 heterocycles. The highest BCUT2D eigenvalue weighted by Crippen LogP contribution is 2.33. The maximum absolute atomic E-state index is 13.3. The summed E-state index contributed by atoms with van der Waals surface area (Å²) in [6.45, 7) is 0.342. The molecule has 0 aliphatic rings. The van der Waals surface area contributed by atoms with Crippen LogP contribution < -0.4 is 9.46 Å². The van der Waals surface area contributed by atoms with Gasteiger partial charge >= 0.3 is 5.97 Å². The van der Waals surface area contributed by atoms with Crippen molar-refractivity contribution in [3.8, 4) is 16.9 Å². The Kier molecular flexibility index (Phi) is 9.63. The molecular weight excluding hydrogens is 586 g/mol. The van der Waals surface area contributed by atoms with Crippen molar-refractivity contribution in [2.24, 2.45) is 0 Å². The molecule has 0 bridgehead atoms. The van der Waals surface area contributed by atoms with Crippen LogP contribution in [0.25, 0.3) is 11.1 Å². The summed E-state index contributed by atoms with van der Waals surface area (Å²) >= 11 is 4.74. The quantitative estimate of drug-likeness (QED) is 0.180. The lowest BCUT2D eigenvalue weighted by Gasteiger charge is -2.25. The fourth-order valence-corrected chi connectivity index (χ4v) is 6.54. The Labute approximate surface area is 235 Å². The van der Waals surface area contributed by atoms with E-state index >= 15 is 0 Å². The summed E-state index contributed by atoms with van der Waals surface area (Å²) in [5, 5.41) is 9.41. The van der Waals surface area contributed by atoms with Gasteiger partial charge in [0.15, 0.2) is 0 Å². The zero-order valence-electron chi connectivity index (χ0n) is 20.2. The van der Waals surface area contributed by atoms with Gasteiger partial charge in [-0.05, 0) is 53.1 Å². The average Bonchev–Trinajstić information content (AvgIpc) is 2.93. The molecule has 6 nitrogen and oxygen atoms in total. The first-order valence-electron chi connectivity index (χ1n) is 11.8. The number of thioether (sulfide) groups is 1. The zero-order chi connectivity index (χ0) is 27.0. The van der Waals surface area contributed by atoms with Crippen LogP contribution >= 0.6 is 27.7 Å². The second-order valence-corrected chi connectivity index (χ2v) is 12.2. The van der Waals surface area contributed by atoms with E-state index in [1.165, 1.54) is 23.9 Å². The van der Waals surface area contributed by atoms with Crippen LogP contribution in [0.5, 0.6) is 5.75 Å². The van der Waals surface area contributed by atoms with Crippen LogP contribution in [-0.4, -0.2) is 37.9 Å². The summed E-state index contributed by atoms with van der Waals surface area (Å²) in [6, 6.07) is 31.0. The Morgan fingerprint density at radius 1 is 0.842 bits per heavy atom. The van der Waals surface area contributed by atoms with Crippen molar-refractivity contribution < 1.29 is 23.1 Å². The number of carbonyl (C=O) groups is 1. The number of para-hydroxylation sites is 1. The van der Waals surface area contributed by atoms with Gasteiger partial charge in [0.2, 0.25) is 10.0 Å². The fourth-order valence-electron chi connectivity index (χ4n) is 3.82. The SMILES string of the molecule is O=C(O)[C@H](NS(=O)(=O)c1ccc(-c2ccc(Br)cc2)cc1)[C@H](SCCOc1ccccc1)c1ccccc1. The molecule has 196 valence electrons. The van der Waals surface area contributed by atoms with Crippen molar-refractivity contribution in [3.63, 3.8) is 0 Å². The van der Waals surface area contributed by atoms with E-state index in [1.807, 2.05) is 60.7 Å². The van der Waals surface area contributed by atoms with E-state index in [4.69, 9.17) is 4.74 Å². The molecule has 0 aliphatic heterocycles. The molecule has 0 aromatic heterocycles. The molecule has 38 heavy (non-hydrogen) atoms. The number of sulfonamides is 1. The van der Waals surface area contributed by atoms with E-state index in [-0.39, 0.29) is 4.90 Å². The molecule has 0 saturated carbocycles. The standard InChI is InChI=1S/C29H26BrNO5S2/c30-24-15-11-21(12-16-24)22-13-17-26(18-14-22)38(34,35)31-27(29(32)33)28(23-7-3-1-4-8-23)37-20-19-36-25-9-5-2-6-10-25/h1-18,27-28,31H,19-20H2,(H,32,33)/t27-,28-/m1/s1. The topological polar surface area (TPSA) is 92.7 Å². The summed E-state index contributed by atoms with van der Waals surface area (Å²) in [5.74, 6) is -0.0844. The van der Waals surface area contributed by atoms with Gasteiger partial charge in [-0.25, -0.2) is 8.42 Å². The number of carboxylic acid groups (broad SMARTS) is 1. The van der Waals surface area contributed by atoms with Crippen molar-refractivity contribution in [2.45, 2.75) is 16.2 Å². The highest BCUT2D eigenvalue weighted by Gasteiger charge is 2.34. The van der Waals surface area contributed by atoms with Gasteiger partial charge < -0.3 is 9.84 Å². The van der Waals surface area contributed by atoms with Gasteiger partial charge in [-0.3, -0.25) is 4.79 Å². The second-order valence-electron chi connectivity index (χ2n) is 8.33. The minimum absolute atomic E-state index is 0.00571. The first-order chi connectivity index (χ1) is 18.3. The van der Waals surface area contributed by atoms with Gasteiger partial charge in [0.1, 0.15) is 11.8 Å². The van der Waals surface area contributed by atoms with Crippen molar-refractivity contribution in [1.82, 2.24) is 4.72 Å². The molecule has 9 heteroatoms. The van der Waals surface area contributed by atoms with Gasteiger partial charge in [-0.1, -0.05) is 88.7 Å². The summed E-state index contributed by atoms with van der Waals surface area (Å²) in [4.78, 5) is 12.4. The fraction of sp³-hybridized carbons (Fsp3) is 0.138. The van der Waals surface area contributed by atoms with Crippen molar-refractivity contribution in [2.75, 3.05) is 12.4 Å². The van der Waals surface area contributed by atoms with E-state index in [9.17, 15) is 18.3 Å². The normalized spacial score (nSPS) is 13.0. The number of aliphatic carboxylic acids is 1. The van der Waals surface area contributed by atoms with Gasteiger partial charge in [0.25, 0.3) is 0 Å². The molecule has 0 radical (unpaired) electrons. The largest absolute Gasteiger partial charge is 0.493 e. The monoisotopic (exact) mass is 611 g/mol. The van der Waals surface area contributed by atoms with Gasteiger partial charge in [-0.2, -0.15) is 4.72 Å². The van der Waals surface area contributed by atoms with Crippen LogP contribution in [-0.2, 0) is 14.8 Å². The molecule has 0 spiro atoms. The Morgan fingerprint density at radius 3 is 1.97 bits per heavy atom. The van der Waals surface area contributed by atoms with Crippen molar-refractivity contribution in [3.05, 3.63) is 119 Å². The molecule has 2 N–H and O–H groups in total. The van der Waals surface area contributed by atoms with Crippen molar-refractivity contribution in [1.29, 1.82) is 0 Å². The van der Waals surface area contributed by atoms with E-state index in [0.29, 0.717) is 23.7 Å². The Hall–Kier alpha value is -3.11. The number of nitrogens with one attached hydrogen (secondary N) is 1. The van der Waals surface area contributed by atoms with Crippen LogP contribution in [0.4, 0.5) is 0 Å².